The number of ether oxygens (including phenoxy) is 1. The minimum Gasteiger partial charge on any atom is -0.386 e. The number of hydrogen-bond donors (Lipinski definition) is 1. The summed E-state index contributed by atoms with van der Waals surface area (Å²) in [5, 5.41) is 13.8. The van der Waals surface area contributed by atoms with Crippen molar-refractivity contribution in [1.29, 1.82) is 0 Å². The van der Waals surface area contributed by atoms with E-state index in [0.29, 0.717) is 0 Å². The summed E-state index contributed by atoms with van der Waals surface area (Å²) in [5.41, 5.74) is 0.963. The summed E-state index contributed by atoms with van der Waals surface area (Å²) in [7, 11) is 1.65. The molecule has 0 fully saturated rings. The van der Waals surface area contributed by atoms with Gasteiger partial charge in [0.15, 0.2) is 0 Å². The van der Waals surface area contributed by atoms with Gasteiger partial charge in [-0.05, 0) is 28.8 Å². The summed E-state index contributed by atoms with van der Waals surface area (Å²) in [6, 6.07) is 1.94. The maximum atomic E-state index is 9.88. The largest absolute Gasteiger partial charge is 0.386 e. The van der Waals surface area contributed by atoms with Crippen molar-refractivity contribution in [3.05, 3.63) is 22.4 Å². The van der Waals surface area contributed by atoms with Crippen molar-refractivity contribution in [3.8, 4) is 0 Å². The van der Waals surface area contributed by atoms with Gasteiger partial charge in [-0.25, -0.2) is 0 Å². The highest BCUT2D eigenvalue weighted by atomic mass is 32.1. The van der Waals surface area contributed by atoms with Gasteiger partial charge in [0.2, 0.25) is 0 Å². The van der Waals surface area contributed by atoms with Crippen molar-refractivity contribution in [3.63, 3.8) is 0 Å². The third kappa shape index (κ3) is 2.79. The fourth-order valence-corrected chi connectivity index (χ4v) is 2.04. The number of aliphatic hydroxyl groups excluding tert-OH is 1. The Morgan fingerprint density at radius 1 is 1.62 bits per heavy atom. The quantitative estimate of drug-likeness (QED) is 0.791. The number of thiophene rings is 1. The van der Waals surface area contributed by atoms with E-state index in [9.17, 15) is 5.11 Å². The molecule has 1 N–H and O–H groups in total. The van der Waals surface area contributed by atoms with Crippen LogP contribution >= 0.6 is 11.3 Å². The zero-order valence-corrected chi connectivity index (χ0v) is 8.88. The van der Waals surface area contributed by atoms with E-state index in [1.54, 1.807) is 18.4 Å². The molecule has 0 saturated carbocycles. The van der Waals surface area contributed by atoms with E-state index < -0.39 is 6.10 Å². The lowest BCUT2D eigenvalue weighted by Crippen LogP contribution is -2.20. The van der Waals surface area contributed by atoms with Crippen LogP contribution in [0, 0.1) is 0 Å². The Kier molecular flexibility index (Phi) is 4.42. The van der Waals surface area contributed by atoms with Crippen molar-refractivity contribution in [2.75, 3.05) is 7.11 Å². The zero-order chi connectivity index (χ0) is 9.68. The molecule has 0 aliphatic rings. The second-order valence-corrected chi connectivity index (χ2v) is 3.84. The number of methoxy groups -OCH3 is 1. The van der Waals surface area contributed by atoms with Crippen LogP contribution in [0.2, 0.25) is 0 Å². The van der Waals surface area contributed by atoms with Gasteiger partial charge in [0.05, 0.1) is 6.10 Å². The maximum Gasteiger partial charge on any atom is 0.106 e. The molecule has 13 heavy (non-hydrogen) atoms. The average molecular weight is 200 g/mol. The van der Waals surface area contributed by atoms with Crippen LogP contribution in [0.1, 0.15) is 31.4 Å². The molecule has 1 heterocycles. The van der Waals surface area contributed by atoms with Gasteiger partial charge >= 0.3 is 0 Å². The first-order chi connectivity index (χ1) is 6.29. The van der Waals surface area contributed by atoms with Crippen molar-refractivity contribution >= 4 is 11.3 Å². The van der Waals surface area contributed by atoms with Crippen LogP contribution in [0.3, 0.4) is 0 Å². The van der Waals surface area contributed by atoms with Gasteiger partial charge in [-0.3, -0.25) is 0 Å². The molecular weight excluding hydrogens is 184 g/mol. The van der Waals surface area contributed by atoms with Crippen molar-refractivity contribution in [2.24, 2.45) is 0 Å². The van der Waals surface area contributed by atoms with Crippen molar-refractivity contribution in [1.82, 2.24) is 0 Å². The Balaban J connectivity index is 2.58. The maximum absolute atomic E-state index is 9.88. The van der Waals surface area contributed by atoms with E-state index in [-0.39, 0.29) is 6.10 Å². The lowest BCUT2D eigenvalue weighted by atomic mass is 10.0. The van der Waals surface area contributed by atoms with E-state index >= 15 is 0 Å². The molecule has 2 nitrogen and oxygen atoms in total. The van der Waals surface area contributed by atoms with Crippen LogP contribution < -0.4 is 0 Å². The zero-order valence-electron chi connectivity index (χ0n) is 8.06. The van der Waals surface area contributed by atoms with Gasteiger partial charge in [-0.1, -0.05) is 13.3 Å². The third-order valence-electron chi connectivity index (χ3n) is 2.11. The fraction of sp³-hybridized carbons (Fsp3) is 0.600. The predicted octanol–water partition coefficient (Wildman–Crippen LogP) is 2.60. The van der Waals surface area contributed by atoms with E-state index in [2.05, 4.69) is 6.92 Å². The summed E-state index contributed by atoms with van der Waals surface area (Å²) in [6.07, 6.45) is 1.38. The molecule has 2 atom stereocenters. The van der Waals surface area contributed by atoms with Crippen molar-refractivity contribution < 1.29 is 9.84 Å². The molecular formula is C10H16O2S. The van der Waals surface area contributed by atoms with Crippen LogP contribution in [0.5, 0.6) is 0 Å². The van der Waals surface area contributed by atoms with Gasteiger partial charge in [0, 0.05) is 7.11 Å². The van der Waals surface area contributed by atoms with Crippen LogP contribution in [-0.4, -0.2) is 18.3 Å². The van der Waals surface area contributed by atoms with Gasteiger partial charge in [0.1, 0.15) is 6.10 Å². The molecule has 1 aromatic heterocycles. The summed E-state index contributed by atoms with van der Waals surface area (Å²) >= 11 is 1.60. The summed E-state index contributed by atoms with van der Waals surface area (Å²) in [6.45, 7) is 2.09. The van der Waals surface area contributed by atoms with Gasteiger partial charge < -0.3 is 9.84 Å². The number of hydrogen-bond acceptors (Lipinski definition) is 3. The fourth-order valence-electron chi connectivity index (χ4n) is 1.35. The van der Waals surface area contributed by atoms with E-state index in [1.165, 1.54) is 0 Å². The second kappa shape index (κ2) is 5.37. The highest BCUT2D eigenvalue weighted by molar-refractivity contribution is 7.07. The monoisotopic (exact) mass is 200 g/mol. The van der Waals surface area contributed by atoms with Crippen LogP contribution in [0.4, 0.5) is 0 Å². The average Bonchev–Trinajstić information content (AvgIpc) is 2.65. The molecule has 0 bridgehead atoms. The molecule has 3 heteroatoms. The van der Waals surface area contributed by atoms with E-state index in [4.69, 9.17) is 4.74 Å². The molecule has 0 aliphatic carbocycles. The lowest BCUT2D eigenvalue weighted by Gasteiger charge is -2.20. The van der Waals surface area contributed by atoms with Gasteiger partial charge in [-0.15, -0.1) is 0 Å². The Morgan fingerprint density at radius 2 is 2.38 bits per heavy atom. The summed E-state index contributed by atoms with van der Waals surface area (Å²) in [4.78, 5) is 0. The Bertz CT molecular complexity index is 221. The highest BCUT2D eigenvalue weighted by Crippen LogP contribution is 2.23. The lowest BCUT2D eigenvalue weighted by molar-refractivity contribution is -0.0177. The standard InChI is InChI=1S/C10H16O2S/c1-3-4-9(12-2)10(11)8-5-6-13-7-8/h5-7,9-11H,3-4H2,1-2H3. The van der Waals surface area contributed by atoms with Gasteiger partial charge in [-0.2, -0.15) is 11.3 Å². The van der Waals surface area contributed by atoms with Crippen LogP contribution in [0.15, 0.2) is 16.8 Å². The second-order valence-electron chi connectivity index (χ2n) is 3.06. The molecule has 0 saturated heterocycles. The normalized spacial score (nSPS) is 15.6. The minimum absolute atomic E-state index is 0.0698. The molecule has 0 aliphatic heterocycles. The first-order valence-corrected chi connectivity index (χ1v) is 5.46. The molecule has 0 radical (unpaired) electrons. The van der Waals surface area contributed by atoms with Crippen LogP contribution in [-0.2, 0) is 4.74 Å². The molecule has 1 rings (SSSR count). The number of aliphatic hydroxyl groups is 1. The molecule has 0 aromatic carbocycles. The smallest absolute Gasteiger partial charge is 0.106 e. The summed E-state index contributed by atoms with van der Waals surface area (Å²) in [5.74, 6) is 0. The van der Waals surface area contributed by atoms with Crippen LogP contribution in [0.25, 0.3) is 0 Å². The minimum atomic E-state index is -0.476. The van der Waals surface area contributed by atoms with Gasteiger partial charge in [0.25, 0.3) is 0 Å². The molecule has 1 aromatic rings. The topological polar surface area (TPSA) is 29.5 Å². The molecule has 0 spiro atoms. The molecule has 0 amide bonds. The highest BCUT2D eigenvalue weighted by Gasteiger charge is 2.19. The van der Waals surface area contributed by atoms with E-state index in [0.717, 1.165) is 18.4 Å². The Labute approximate surface area is 83.2 Å². The third-order valence-corrected chi connectivity index (χ3v) is 2.81. The Hall–Kier alpha value is -0.380. The van der Waals surface area contributed by atoms with Crippen molar-refractivity contribution in [2.45, 2.75) is 32.0 Å². The SMILES string of the molecule is CCCC(OC)C(O)c1ccsc1. The molecule has 2 unspecified atom stereocenters. The molecule has 74 valence electrons. The summed E-state index contributed by atoms with van der Waals surface area (Å²) < 4.78 is 5.23. The Morgan fingerprint density at radius 3 is 2.85 bits per heavy atom. The number of rotatable bonds is 5. The first kappa shape index (κ1) is 10.7. The first-order valence-electron chi connectivity index (χ1n) is 4.52. The van der Waals surface area contributed by atoms with E-state index in [1.807, 2.05) is 16.8 Å². The predicted molar refractivity (Wildman–Crippen MR) is 55.0 cm³/mol.